The minimum absolute atomic E-state index is 0.374. The van der Waals surface area contributed by atoms with Gasteiger partial charge in [-0.3, -0.25) is 0 Å². The third kappa shape index (κ3) is 3.18. The first-order valence-electron chi connectivity index (χ1n) is 4.05. The molecule has 1 rings (SSSR count). The van der Waals surface area contributed by atoms with Crippen molar-refractivity contribution in [2.45, 2.75) is 0 Å². The summed E-state index contributed by atoms with van der Waals surface area (Å²) in [6.07, 6.45) is 1.47. The Morgan fingerprint density at radius 1 is 1.36 bits per heavy atom. The van der Waals surface area contributed by atoms with Crippen molar-refractivity contribution < 1.29 is 4.84 Å². The highest BCUT2D eigenvalue weighted by Gasteiger charge is 2.01. The monoisotopic (exact) mass is 232 g/mol. The largest absolute Gasteiger partial charge is 0.394 e. The molecule has 0 spiro atoms. The van der Waals surface area contributed by atoms with Crippen LogP contribution in [0.1, 0.15) is 5.56 Å². The standard InChI is InChI=1S/C9H10Cl2N2O/c10-8-2-1-3-9(11)7(8)6-13-14-5-4-12/h1-3,6H,4-5,12H2/b13-6-. The minimum atomic E-state index is 0.374. The molecule has 0 aliphatic heterocycles. The lowest BCUT2D eigenvalue weighted by molar-refractivity contribution is 0.154. The molecule has 1 aromatic rings. The van der Waals surface area contributed by atoms with Crippen LogP contribution in [-0.4, -0.2) is 19.4 Å². The molecule has 0 saturated carbocycles. The summed E-state index contributed by atoms with van der Waals surface area (Å²) in [5.41, 5.74) is 5.86. The van der Waals surface area contributed by atoms with Gasteiger partial charge in [0.05, 0.1) is 16.3 Å². The van der Waals surface area contributed by atoms with Crippen LogP contribution in [0.4, 0.5) is 0 Å². The van der Waals surface area contributed by atoms with Gasteiger partial charge < -0.3 is 10.6 Å². The summed E-state index contributed by atoms with van der Waals surface area (Å²) in [4.78, 5) is 4.82. The molecule has 2 N–H and O–H groups in total. The molecule has 0 radical (unpaired) electrons. The minimum Gasteiger partial charge on any atom is -0.394 e. The van der Waals surface area contributed by atoms with E-state index in [9.17, 15) is 0 Å². The van der Waals surface area contributed by atoms with E-state index in [0.717, 1.165) is 0 Å². The topological polar surface area (TPSA) is 47.6 Å². The number of oxime groups is 1. The van der Waals surface area contributed by atoms with Crippen LogP contribution in [0.15, 0.2) is 23.4 Å². The molecule has 76 valence electrons. The highest BCUT2D eigenvalue weighted by atomic mass is 35.5. The molecule has 0 aliphatic rings. The van der Waals surface area contributed by atoms with Gasteiger partial charge in [-0.15, -0.1) is 0 Å². The van der Waals surface area contributed by atoms with Crippen LogP contribution < -0.4 is 5.73 Å². The van der Waals surface area contributed by atoms with Crippen LogP contribution in [-0.2, 0) is 4.84 Å². The number of halogens is 2. The summed E-state index contributed by atoms with van der Waals surface area (Å²) in [7, 11) is 0. The lowest BCUT2D eigenvalue weighted by Gasteiger charge is -2.00. The van der Waals surface area contributed by atoms with Gasteiger partial charge >= 0.3 is 0 Å². The third-order valence-electron chi connectivity index (χ3n) is 1.47. The van der Waals surface area contributed by atoms with Crippen LogP contribution in [0, 0.1) is 0 Å². The number of rotatable bonds is 4. The summed E-state index contributed by atoms with van der Waals surface area (Å²) in [5, 5.41) is 4.76. The Kier molecular flexibility index (Phi) is 4.73. The van der Waals surface area contributed by atoms with Gasteiger partial charge in [0.2, 0.25) is 0 Å². The maximum absolute atomic E-state index is 5.89. The first kappa shape index (κ1) is 11.3. The molecule has 0 aliphatic carbocycles. The molecule has 0 aromatic heterocycles. The van der Waals surface area contributed by atoms with E-state index in [-0.39, 0.29) is 0 Å². The van der Waals surface area contributed by atoms with Gasteiger partial charge in [0.25, 0.3) is 0 Å². The van der Waals surface area contributed by atoms with Gasteiger partial charge in [-0.2, -0.15) is 0 Å². The highest BCUT2D eigenvalue weighted by molar-refractivity contribution is 6.38. The molecule has 0 heterocycles. The van der Waals surface area contributed by atoms with Crippen LogP contribution >= 0.6 is 23.2 Å². The Labute approximate surface area is 92.4 Å². The van der Waals surface area contributed by atoms with Gasteiger partial charge in [0.1, 0.15) is 6.61 Å². The molecule has 0 bridgehead atoms. The zero-order valence-electron chi connectivity index (χ0n) is 7.41. The van der Waals surface area contributed by atoms with Crippen molar-refractivity contribution in [1.29, 1.82) is 0 Å². The SMILES string of the molecule is NCCO/N=C\c1c(Cl)cccc1Cl. The Hall–Kier alpha value is -0.770. The van der Waals surface area contributed by atoms with Crippen LogP contribution in [0.2, 0.25) is 10.0 Å². The Bertz CT molecular complexity index is 308. The van der Waals surface area contributed by atoms with E-state index in [2.05, 4.69) is 5.16 Å². The van der Waals surface area contributed by atoms with Gasteiger partial charge in [-0.25, -0.2) is 0 Å². The number of hydrogen-bond donors (Lipinski definition) is 1. The summed E-state index contributed by atoms with van der Waals surface area (Å²) in [5.74, 6) is 0. The molecule has 3 nitrogen and oxygen atoms in total. The van der Waals surface area contributed by atoms with E-state index < -0.39 is 0 Å². The van der Waals surface area contributed by atoms with E-state index in [4.69, 9.17) is 33.8 Å². The van der Waals surface area contributed by atoms with Gasteiger partial charge in [-0.05, 0) is 12.1 Å². The van der Waals surface area contributed by atoms with E-state index in [0.29, 0.717) is 28.8 Å². The fourth-order valence-electron chi connectivity index (χ4n) is 0.829. The molecule has 0 unspecified atom stereocenters. The van der Waals surface area contributed by atoms with Gasteiger partial charge in [0.15, 0.2) is 0 Å². The molecule has 0 saturated heterocycles. The fraction of sp³-hybridized carbons (Fsp3) is 0.222. The lowest BCUT2D eigenvalue weighted by Crippen LogP contribution is -2.05. The number of nitrogens with two attached hydrogens (primary N) is 1. The van der Waals surface area contributed by atoms with Crippen molar-refractivity contribution in [2.24, 2.45) is 10.9 Å². The van der Waals surface area contributed by atoms with E-state index in [1.54, 1.807) is 18.2 Å². The zero-order chi connectivity index (χ0) is 10.4. The van der Waals surface area contributed by atoms with Crippen molar-refractivity contribution in [1.82, 2.24) is 0 Å². The molecule has 0 amide bonds. The van der Waals surface area contributed by atoms with Crippen molar-refractivity contribution in [3.63, 3.8) is 0 Å². The van der Waals surface area contributed by atoms with Crippen LogP contribution in [0.25, 0.3) is 0 Å². The van der Waals surface area contributed by atoms with Gasteiger partial charge in [0, 0.05) is 12.1 Å². The van der Waals surface area contributed by atoms with E-state index in [1.165, 1.54) is 6.21 Å². The smallest absolute Gasteiger partial charge is 0.129 e. The molecule has 1 aromatic carbocycles. The summed E-state index contributed by atoms with van der Waals surface area (Å²) >= 11 is 11.8. The highest BCUT2D eigenvalue weighted by Crippen LogP contribution is 2.22. The van der Waals surface area contributed by atoms with E-state index >= 15 is 0 Å². The Morgan fingerprint density at radius 2 is 2.00 bits per heavy atom. The van der Waals surface area contributed by atoms with Crippen molar-refractivity contribution in [3.8, 4) is 0 Å². The molecule has 0 fully saturated rings. The molecule has 0 atom stereocenters. The Morgan fingerprint density at radius 3 is 2.57 bits per heavy atom. The predicted molar refractivity (Wildman–Crippen MR) is 59.1 cm³/mol. The molecular formula is C9H10Cl2N2O. The molecule has 14 heavy (non-hydrogen) atoms. The molecular weight excluding hydrogens is 223 g/mol. The first-order valence-corrected chi connectivity index (χ1v) is 4.80. The summed E-state index contributed by atoms with van der Waals surface area (Å²) in [6.45, 7) is 0.798. The molecule has 5 heteroatoms. The summed E-state index contributed by atoms with van der Waals surface area (Å²) < 4.78 is 0. The second-order valence-corrected chi connectivity index (χ2v) is 3.31. The number of hydrogen-bond acceptors (Lipinski definition) is 3. The third-order valence-corrected chi connectivity index (χ3v) is 2.12. The van der Waals surface area contributed by atoms with Crippen LogP contribution in [0.5, 0.6) is 0 Å². The predicted octanol–water partition coefficient (Wildman–Crippen LogP) is 2.30. The second kappa shape index (κ2) is 5.86. The van der Waals surface area contributed by atoms with E-state index in [1.807, 2.05) is 0 Å². The van der Waals surface area contributed by atoms with Crippen molar-refractivity contribution in [3.05, 3.63) is 33.8 Å². The summed E-state index contributed by atoms with van der Waals surface area (Å²) in [6, 6.07) is 5.23. The Balaban J connectivity index is 2.70. The lowest BCUT2D eigenvalue weighted by atomic mass is 10.2. The fourth-order valence-corrected chi connectivity index (χ4v) is 1.32. The maximum atomic E-state index is 5.89. The average molecular weight is 233 g/mol. The first-order chi connectivity index (χ1) is 6.75. The normalized spacial score (nSPS) is 10.8. The number of nitrogens with zero attached hydrogens (tertiary/aromatic N) is 1. The quantitative estimate of drug-likeness (QED) is 0.492. The average Bonchev–Trinajstić information content (AvgIpc) is 2.16. The zero-order valence-corrected chi connectivity index (χ0v) is 8.92. The van der Waals surface area contributed by atoms with Crippen LogP contribution in [0.3, 0.4) is 0 Å². The maximum Gasteiger partial charge on any atom is 0.129 e. The van der Waals surface area contributed by atoms with Crippen molar-refractivity contribution >= 4 is 29.4 Å². The second-order valence-electron chi connectivity index (χ2n) is 2.49. The van der Waals surface area contributed by atoms with Crippen molar-refractivity contribution in [2.75, 3.05) is 13.2 Å². The number of benzene rings is 1. The van der Waals surface area contributed by atoms with Gasteiger partial charge in [-0.1, -0.05) is 34.4 Å².